The maximum Gasteiger partial charge on any atom is 0.0576 e. The number of benzene rings is 2. The van der Waals surface area contributed by atoms with Crippen LogP contribution in [-0.2, 0) is 4.74 Å². The minimum Gasteiger partial charge on any atom is -0.381 e. The minimum atomic E-state index is 0.273. The van der Waals surface area contributed by atoms with Gasteiger partial charge < -0.3 is 10.1 Å². The first kappa shape index (κ1) is 14.3. The van der Waals surface area contributed by atoms with Gasteiger partial charge in [-0.2, -0.15) is 0 Å². The quantitative estimate of drug-likeness (QED) is 0.869. The molecule has 1 aliphatic rings. The monoisotopic (exact) mass is 281 g/mol. The van der Waals surface area contributed by atoms with Crippen LogP contribution < -0.4 is 5.32 Å². The summed E-state index contributed by atoms with van der Waals surface area (Å²) in [5.41, 5.74) is 2.65. The van der Waals surface area contributed by atoms with E-state index in [-0.39, 0.29) is 6.04 Å². The third-order valence-corrected chi connectivity index (χ3v) is 4.19. The van der Waals surface area contributed by atoms with Crippen molar-refractivity contribution >= 4 is 0 Å². The summed E-state index contributed by atoms with van der Waals surface area (Å²) in [5, 5.41) is 3.72. The highest BCUT2D eigenvalue weighted by Crippen LogP contribution is 2.22. The lowest BCUT2D eigenvalue weighted by Gasteiger charge is -2.20. The molecule has 1 heterocycles. The molecule has 1 fully saturated rings. The third kappa shape index (κ3) is 3.93. The maximum atomic E-state index is 5.46. The number of hydrogen-bond donors (Lipinski definition) is 1. The highest BCUT2D eigenvalue weighted by molar-refractivity contribution is 5.31. The second-order valence-electron chi connectivity index (χ2n) is 5.73. The summed E-state index contributed by atoms with van der Waals surface area (Å²) in [7, 11) is 0. The lowest BCUT2D eigenvalue weighted by Crippen LogP contribution is -2.25. The van der Waals surface area contributed by atoms with E-state index < -0.39 is 0 Å². The molecule has 0 radical (unpaired) electrons. The second-order valence-corrected chi connectivity index (χ2v) is 5.73. The predicted octanol–water partition coefficient (Wildman–Crippen LogP) is 3.79. The van der Waals surface area contributed by atoms with Gasteiger partial charge in [-0.3, -0.25) is 0 Å². The molecular formula is C19H23NO. The predicted molar refractivity (Wildman–Crippen MR) is 86.3 cm³/mol. The first-order valence-electron chi connectivity index (χ1n) is 7.84. The molecule has 2 nitrogen and oxygen atoms in total. The molecule has 2 aromatic carbocycles. The van der Waals surface area contributed by atoms with Crippen molar-refractivity contribution in [2.24, 2.45) is 5.92 Å². The highest BCUT2D eigenvalue weighted by Gasteiger charge is 2.17. The van der Waals surface area contributed by atoms with Crippen LogP contribution in [0.15, 0.2) is 60.7 Å². The Kier molecular flexibility index (Phi) is 5.03. The zero-order valence-electron chi connectivity index (χ0n) is 12.4. The fraction of sp³-hybridized carbons (Fsp3) is 0.368. The number of hydrogen-bond acceptors (Lipinski definition) is 2. The van der Waals surface area contributed by atoms with Gasteiger partial charge in [-0.15, -0.1) is 0 Å². The van der Waals surface area contributed by atoms with Gasteiger partial charge in [0.05, 0.1) is 6.04 Å². The molecule has 3 rings (SSSR count). The van der Waals surface area contributed by atoms with E-state index >= 15 is 0 Å². The van der Waals surface area contributed by atoms with Crippen molar-refractivity contribution in [3.05, 3.63) is 71.8 Å². The molecule has 1 unspecified atom stereocenters. The van der Waals surface area contributed by atoms with Crippen LogP contribution in [0.4, 0.5) is 0 Å². The first-order valence-corrected chi connectivity index (χ1v) is 7.84. The van der Waals surface area contributed by atoms with E-state index in [9.17, 15) is 0 Å². The van der Waals surface area contributed by atoms with Crippen molar-refractivity contribution in [1.29, 1.82) is 0 Å². The van der Waals surface area contributed by atoms with Crippen LogP contribution >= 0.6 is 0 Å². The Hall–Kier alpha value is -1.64. The van der Waals surface area contributed by atoms with Gasteiger partial charge in [-0.1, -0.05) is 60.7 Å². The fourth-order valence-corrected chi connectivity index (χ4v) is 2.96. The summed E-state index contributed by atoms with van der Waals surface area (Å²) >= 11 is 0. The summed E-state index contributed by atoms with van der Waals surface area (Å²) in [6, 6.07) is 21.6. The number of ether oxygens (including phenoxy) is 1. The fourth-order valence-electron chi connectivity index (χ4n) is 2.96. The third-order valence-electron chi connectivity index (χ3n) is 4.19. The Bertz CT molecular complexity index is 480. The Morgan fingerprint density at radius 3 is 2.10 bits per heavy atom. The SMILES string of the molecule is c1ccc(C(NCCC2CCOC2)c2ccccc2)cc1. The number of rotatable bonds is 6. The first-order chi connectivity index (χ1) is 10.4. The van der Waals surface area contributed by atoms with Crippen molar-refractivity contribution in [2.75, 3.05) is 19.8 Å². The Labute approximate surface area is 127 Å². The molecule has 110 valence electrons. The largest absolute Gasteiger partial charge is 0.381 e. The molecule has 0 spiro atoms. The smallest absolute Gasteiger partial charge is 0.0576 e. The Morgan fingerprint density at radius 2 is 1.57 bits per heavy atom. The lowest BCUT2D eigenvalue weighted by molar-refractivity contribution is 0.184. The molecule has 1 atom stereocenters. The van der Waals surface area contributed by atoms with Crippen LogP contribution in [0.3, 0.4) is 0 Å². The molecule has 2 aromatic rings. The molecular weight excluding hydrogens is 258 g/mol. The highest BCUT2D eigenvalue weighted by atomic mass is 16.5. The molecule has 0 amide bonds. The Balaban J connectivity index is 1.67. The van der Waals surface area contributed by atoms with E-state index in [0.29, 0.717) is 0 Å². The minimum absolute atomic E-state index is 0.273. The maximum absolute atomic E-state index is 5.46. The average molecular weight is 281 g/mol. The molecule has 21 heavy (non-hydrogen) atoms. The van der Waals surface area contributed by atoms with Crippen LogP contribution in [-0.4, -0.2) is 19.8 Å². The van der Waals surface area contributed by atoms with Crippen LogP contribution in [0.2, 0.25) is 0 Å². The topological polar surface area (TPSA) is 21.3 Å². The van der Waals surface area contributed by atoms with Gasteiger partial charge in [0, 0.05) is 13.2 Å². The van der Waals surface area contributed by atoms with Crippen molar-refractivity contribution in [1.82, 2.24) is 5.32 Å². The normalized spacial score (nSPS) is 18.2. The van der Waals surface area contributed by atoms with E-state index in [1.165, 1.54) is 24.0 Å². The summed E-state index contributed by atoms with van der Waals surface area (Å²) in [6.45, 7) is 2.90. The van der Waals surface area contributed by atoms with Crippen LogP contribution in [0.5, 0.6) is 0 Å². The van der Waals surface area contributed by atoms with Crippen molar-refractivity contribution in [3.63, 3.8) is 0 Å². The second kappa shape index (κ2) is 7.39. The van der Waals surface area contributed by atoms with Crippen molar-refractivity contribution in [2.45, 2.75) is 18.9 Å². The molecule has 0 saturated carbocycles. The van der Waals surface area contributed by atoms with E-state index in [1.807, 2.05) is 0 Å². The lowest BCUT2D eigenvalue weighted by atomic mass is 9.98. The van der Waals surface area contributed by atoms with E-state index in [2.05, 4.69) is 66.0 Å². The molecule has 2 heteroatoms. The van der Waals surface area contributed by atoms with E-state index in [0.717, 1.165) is 25.7 Å². The van der Waals surface area contributed by atoms with Crippen molar-refractivity contribution in [3.8, 4) is 0 Å². The molecule has 1 aliphatic heterocycles. The molecule has 0 bridgehead atoms. The van der Waals surface area contributed by atoms with E-state index in [1.54, 1.807) is 0 Å². The van der Waals surface area contributed by atoms with Crippen LogP contribution in [0, 0.1) is 5.92 Å². The summed E-state index contributed by atoms with van der Waals surface area (Å²) in [5.74, 6) is 0.727. The molecule has 0 aromatic heterocycles. The van der Waals surface area contributed by atoms with Gasteiger partial charge in [0.15, 0.2) is 0 Å². The molecule has 0 aliphatic carbocycles. The average Bonchev–Trinajstić information content (AvgIpc) is 3.07. The van der Waals surface area contributed by atoms with Gasteiger partial charge in [-0.25, -0.2) is 0 Å². The zero-order valence-corrected chi connectivity index (χ0v) is 12.4. The van der Waals surface area contributed by atoms with Crippen LogP contribution in [0.1, 0.15) is 30.0 Å². The summed E-state index contributed by atoms with van der Waals surface area (Å²) < 4.78 is 5.46. The van der Waals surface area contributed by atoms with E-state index in [4.69, 9.17) is 4.74 Å². The van der Waals surface area contributed by atoms with Crippen molar-refractivity contribution < 1.29 is 4.74 Å². The van der Waals surface area contributed by atoms with Gasteiger partial charge in [-0.05, 0) is 36.4 Å². The summed E-state index contributed by atoms with van der Waals surface area (Å²) in [6.07, 6.45) is 2.40. The summed E-state index contributed by atoms with van der Waals surface area (Å²) in [4.78, 5) is 0. The van der Waals surface area contributed by atoms with Gasteiger partial charge in [0.25, 0.3) is 0 Å². The van der Waals surface area contributed by atoms with Gasteiger partial charge >= 0.3 is 0 Å². The molecule has 1 saturated heterocycles. The molecule has 1 N–H and O–H groups in total. The van der Waals surface area contributed by atoms with Gasteiger partial charge in [0.2, 0.25) is 0 Å². The Morgan fingerprint density at radius 1 is 0.952 bits per heavy atom. The number of nitrogens with one attached hydrogen (secondary N) is 1. The zero-order chi connectivity index (χ0) is 14.3. The van der Waals surface area contributed by atoms with Crippen LogP contribution in [0.25, 0.3) is 0 Å². The van der Waals surface area contributed by atoms with Gasteiger partial charge in [0.1, 0.15) is 0 Å². The standard InChI is InChI=1S/C19H23NO/c1-3-7-17(8-4-1)19(18-9-5-2-6-10-18)20-13-11-16-12-14-21-15-16/h1-10,16,19-20H,11-15H2.